The smallest absolute Gasteiger partial charge is 0.0831 e. The Hall–Kier alpha value is -0.160. The van der Waals surface area contributed by atoms with Gasteiger partial charge in [-0.1, -0.05) is 22.9 Å². The quantitative estimate of drug-likeness (QED) is 0.506. The van der Waals surface area contributed by atoms with Gasteiger partial charge in [0.15, 0.2) is 0 Å². The van der Waals surface area contributed by atoms with Gasteiger partial charge in [0.2, 0.25) is 0 Å². The summed E-state index contributed by atoms with van der Waals surface area (Å²) < 4.78 is 2.81. The Balaban J connectivity index is 1.95. The zero-order valence-electron chi connectivity index (χ0n) is 9.27. The summed E-state index contributed by atoms with van der Waals surface area (Å²) in [6, 6.07) is 9.01. The molecule has 0 fully saturated rings. The van der Waals surface area contributed by atoms with Crippen LogP contribution in [0.15, 0.2) is 29.6 Å². The first-order valence-electron chi connectivity index (χ1n) is 5.47. The molecule has 0 spiro atoms. The lowest BCUT2D eigenvalue weighted by atomic mass is 10.3. The number of hydrogen-bond donors (Lipinski definition) is 0. The molecule has 17 heavy (non-hydrogen) atoms. The van der Waals surface area contributed by atoms with Gasteiger partial charge in [-0.15, -0.1) is 34.0 Å². The summed E-state index contributed by atoms with van der Waals surface area (Å²) in [5, 5.41) is 2.16. The highest BCUT2D eigenvalue weighted by Crippen LogP contribution is 2.42. The van der Waals surface area contributed by atoms with Crippen molar-refractivity contribution in [1.29, 1.82) is 0 Å². The molecule has 0 aromatic carbocycles. The SMILES string of the molecule is CCc1ccc(C(Br)c2cc3sccc3s2)s1. The van der Waals surface area contributed by atoms with Crippen LogP contribution in [0.3, 0.4) is 0 Å². The van der Waals surface area contributed by atoms with Crippen LogP contribution < -0.4 is 0 Å². The largest absolute Gasteiger partial charge is 0.144 e. The molecule has 1 unspecified atom stereocenters. The van der Waals surface area contributed by atoms with E-state index in [0.717, 1.165) is 6.42 Å². The number of aryl methyl sites for hydroxylation is 1. The lowest BCUT2D eigenvalue weighted by molar-refractivity contribution is 1.19. The van der Waals surface area contributed by atoms with E-state index in [1.165, 1.54) is 24.0 Å². The molecular formula is C13H11BrS3. The van der Waals surface area contributed by atoms with E-state index >= 15 is 0 Å². The molecule has 0 aliphatic rings. The number of rotatable bonds is 3. The first-order valence-corrected chi connectivity index (χ1v) is 8.90. The minimum atomic E-state index is 0.359. The van der Waals surface area contributed by atoms with E-state index in [9.17, 15) is 0 Å². The van der Waals surface area contributed by atoms with Gasteiger partial charge in [0.1, 0.15) is 0 Å². The van der Waals surface area contributed by atoms with Crippen molar-refractivity contribution >= 4 is 59.3 Å². The van der Waals surface area contributed by atoms with E-state index < -0.39 is 0 Å². The molecule has 0 saturated heterocycles. The van der Waals surface area contributed by atoms with Gasteiger partial charge in [0.05, 0.1) is 4.83 Å². The number of hydrogen-bond acceptors (Lipinski definition) is 3. The van der Waals surface area contributed by atoms with Crippen LogP contribution in [0.2, 0.25) is 0 Å². The third-order valence-electron chi connectivity index (χ3n) is 2.69. The van der Waals surface area contributed by atoms with Gasteiger partial charge in [-0.2, -0.15) is 0 Å². The van der Waals surface area contributed by atoms with Crippen LogP contribution in [-0.4, -0.2) is 0 Å². The van der Waals surface area contributed by atoms with Crippen LogP contribution in [0.5, 0.6) is 0 Å². The Morgan fingerprint density at radius 3 is 2.71 bits per heavy atom. The van der Waals surface area contributed by atoms with Crippen LogP contribution in [0, 0.1) is 0 Å². The molecule has 4 heteroatoms. The zero-order chi connectivity index (χ0) is 11.8. The second-order valence-corrected chi connectivity index (χ2v) is 8.00. The maximum atomic E-state index is 3.82. The second kappa shape index (κ2) is 4.84. The fourth-order valence-corrected chi connectivity index (χ4v) is 5.76. The van der Waals surface area contributed by atoms with Crippen molar-refractivity contribution in [3.63, 3.8) is 0 Å². The van der Waals surface area contributed by atoms with Crippen LogP contribution in [0.4, 0.5) is 0 Å². The van der Waals surface area contributed by atoms with Crippen molar-refractivity contribution in [2.75, 3.05) is 0 Å². The van der Waals surface area contributed by atoms with Crippen LogP contribution in [0.1, 0.15) is 26.4 Å². The number of thiophene rings is 3. The first kappa shape index (κ1) is 11.9. The predicted molar refractivity (Wildman–Crippen MR) is 84.2 cm³/mol. The average Bonchev–Trinajstić information content (AvgIpc) is 3.02. The lowest BCUT2D eigenvalue weighted by Crippen LogP contribution is -1.83. The van der Waals surface area contributed by atoms with E-state index in [-0.39, 0.29) is 0 Å². The zero-order valence-corrected chi connectivity index (χ0v) is 13.3. The minimum absolute atomic E-state index is 0.359. The maximum Gasteiger partial charge on any atom is 0.0831 e. The average molecular weight is 343 g/mol. The fourth-order valence-electron chi connectivity index (χ4n) is 1.77. The van der Waals surface area contributed by atoms with Crippen molar-refractivity contribution in [1.82, 2.24) is 0 Å². The van der Waals surface area contributed by atoms with Crippen molar-refractivity contribution < 1.29 is 0 Å². The summed E-state index contributed by atoms with van der Waals surface area (Å²) in [5.74, 6) is 0. The molecule has 0 amide bonds. The van der Waals surface area contributed by atoms with Crippen LogP contribution >= 0.6 is 49.9 Å². The van der Waals surface area contributed by atoms with Crippen LogP contribution in [-0.2, 0) is 6.42 Å². The second-order valence-electron chi connectivity index (χ2n) is 3.82. The topological polar surface area (TPSA) is 0 Å². The summed E-state index contributed by atoms with van der Waals surface area (Å²) in [6.07, 6.45) is 1.13. The molecule has 0 saturated carbocycles. The summed E-state index contributed by atoms with van der Waals surface area (Å²) in [5.41, 5.74) is 0. The molecule has 0 nitrogen and oxygen atoms in total. The van der Waals surface area contributed by atoms with Gasteiger partial charge in [-0.25, -0.2) is 0 Å². The fraction of sp³-hybridized carbons (Fsp3) is 0.231. The van der Waals surface area contributed by atoms with Crippen LogP contribution in [0.25, 0.3) is 9.40 Å². The monoisotopic (exact) mass is 342 g/mol. The van der Waals surface area contributed by atoms with Gasteiger partial charge < -0.3 is 0 Å². The van der Waals surface area contributed by atoms with Gasteiger partial charge in [-0.3, -0.25) is 0 Å². The molecule has 88 valence electrons. The van der Waals surface area contributed by atoms with E-state index in [0.29, 0.717) is 4.83 Å². The Morgan fingerprint density at radius 1 is 1.12 bits per heavy atom. The van der Waals surface area contributed by atoms with Crippen molar-refractivity contribution in [2.45, 2.75) is 18.2 Å². The van der Waals surface area contributed by atoms with E-state index in [4.69, 9.17) is 0 Å². The molecule has 0 bridgehead atoms. The molecule has 3 rings (SSSR count). The van der Waals surface area contributed by atoms with Gasteiger partial charge in [-0.05, 0) is 36.1 Å². The molecule has 1 atom stereocenters. The van der Waals surface area contributed by atoms with Crippen molar-refractivity contribution in [3.05, 3.63) is 44.3 Å². The summed E-state index contributed by atoms with van der Waals surface area (Å²) in [7, 11) is 0. The normalized spacial score (nSPS) is 13.3. The number of fused-ring (bicyclic) bond motifs is 1. The Labute approximate surface area is 121 Å². The Morgan fingerprint density at radius 2 is 2.00 bits per heavy atom. The highest BCUT2D eigenvalue weighted by atomic mass is 79.9. The van der Waals surface area contributed by atoms with Gasteiger partial charge in [0.25, 0.3) is 0 Å². The third kappa shape index (κ3) is 2.24. The molecule has 3 heterocycles. The Bertz CT molecular complexity index is 603. The van der Waals surface area contributed by atoms with Crippen molar-refractivity contribution in [2.24, 2.45) is 0 Å². The van der Waals surface area contributed by atoms with E-state index in [2.05, 4.69) is 52.5 Å². The number of alkyl halides is 1. The summed E-state index contributed by atoms with van der Waals surface area (Å²) in [6.45, 7) is 2.21. The van der Waals surface area contributed by atoms with Gasteiger partial charge in [0, 0.05) is 24.0 Å². The summed E-state index contributed by atoms with van der Waals surface area (Å²) in [4.78, 5) is 4.65. The Kier molecular flexibility index (Phi) is 3.39. The molecule has 0 N–H and O–H groups in total. The molecule has 0 aliphatic heterocycles. The highest BCUT2D eigenvalue weighted by molar-refractivity contribution is 9.09. The maximum absolute atomic E-state index is 3.82. The molecule has 0 aliphatic carbocycles. The predicted octanol–water partition coefficient (Wildman–Crippen LogP) is 6.07. The highest BCUT2D eigenvalue weighted by Gasteiger charge is 2.15. The number of halogens is 1. The van der Waals surface area contributed by atoms with Gasteiger partial charge >= 0.3 is 0 Å². The van der Waals surface area contributed by atoms with E-state index in [1.54, 1.807) is 0 Å². The minimum Gasteiger partial charge on any atom is -0.144 e. The first-order chi connectivity index (χ1) is 8.28. The molecule has 0 radical (unpaired) electrons. The van der Waals surface area contributed by atoms with E-state index in [1.807, 2.05) is 34.0 Å². The third-order valence-corrected chi connectivity index (χ3v) is 7.73. The standard InChI is InChI=1S/C13H11BrS3/c1-2-8-3-4-10(16-8)13(14)12-7-11-9(17-12)5-6-15-11/h3-7,13H,2H2,1H3. The lowest BCUT2D eigenvalue weighted by Gasteiger charge is -2.03. The molecule has 3 aromatic heterocycles. The molecular weight excluding hydrogens is 332 g/mol. The summed E-state index contributed by atoms with van der Waals surface area (Å²) >= 11 is 9.45. The molecule has 3 aromatic rings. The van der Waals surface area contributed by atoms with Crippen molar-refractivity contribution in [3.8, 4) is 0 Å².